The van der Waals surface area contributed by atoms with E-state index in [1.807, 2.05) is 6.92 Å². The first kappa shape index (κ1) is 8.40. The Bertz CT molecular complexity index is 49.7. The summed E-state index contributed by atoms with van der Waals surface area (Å²) in [6.45, 7) is 3.01. The van der Waals surface area contributed by atoms with Gasteiger partial charge in [-0.15, -0.1) is 0 Å². The molecule has 0 fully saturated rings. The van der Waals surface area contributed by atoms with Crippen molar-refractivity contribution in [2.45, 2.75) is 13.0 Å². The van der Waals surface area contributed by atoms with Gasteiger partial charge in [0.05, 0.1) is 12.7 Å². The van der Waals surface area contributed by atoms with Crippen LogP contribution < -0.4 is 0 Å². The number of hydrogen-bond donors (Lipinski definition) is 1. The van der Waals surface area contributed by atoms with Crippen LogP contribution in [0.2, 0.25) is 0 Å². The molecule has 0 bridgehead atoms. The molecule has 3 heteroatoms. The van der Waals surface area contributed by atoms with Crippen LogP contribution in [-0.2, 0) is 4.74 Å². The summed E-state index contributed by atoms with van der Waals surface area (Å²) in [6.07, 6.45) is -0.352. The molecule has 0 aromatic heterocycles. The van der Waals surface area contributed by atoms with Gasteiger partial charge in [0, 0.05) is 11.9 Å². The van der Waals surface area contributed by atoms with Crippen LogP contribution in [0, 0.1) is 0 Å². The van der Waals surface area contributed by atoms with Gasteiger partial charge in [-0.2, -0.15) is 0 Å². The minimum Gasteiger partial charge on any atom is -0.390 e. The first-order valence-electron chi connectivity index (χ1n) is 2.63. The van der Waals surface area contributed by atoms with Gasteiger partial charge in [0.25, 0.3) is 0 Å². The molecule has 0 aromatic rings. The number of alkyl halides is 1. The smallest absolute Gasteiger partial charge is 0.0870 e. The van der Waals surface area contributed by atoms with Gasteiger partial charge >= 0.3 is 0 Å². The predicted octanol–water partition coefficient (Wildman–Crippen LogP) is 0.779. The zero-order chi connectivity index (χ0) is 6.41. The standard InChI is InChI=1S/C5H11BrO2/c1-2-8-4-5(7)3-6/h5,7H,2-4H2,1H3/t5-/m0/s1. The molecule has 0 unspecified atom stereocenters. The van der Waals surface area contributed by atoms with Gasteiger partial charge in [-0.1, -0.05) is 15.9 Å². The van der Waals surface area contributed by atoms with E-state index in [2.05, 4.69) is 15.9 Å². The lowest BCUT2D eigenvalue weighted by atomic mass is 10.4. The first-order valence-corrected chi connectivity index (χ1v) is 3.75. The molecule has 0 heterocycles. The Morgan fingerprint density at radius 1 is 1.75 bits per heavy atom. The summed E-state index contributed by atoms with van der Waals surface area (Å²) >= 11 is 3.11. The fraction of sp³-hybridized carbons (Fsp3) is 1.00. The highest BCUT2D eigenvalue weighted by Crippen LogP contribution is 1.89. The molecule has 2 nitrogen and oxygen atoms in total. The van der Waals surface area contributed by atoms with Gasteiger partial charge in [-0.3, -0.25) is 0 Å². The number of ether oxygens (including phenoxy) is 1. The van der Waals surface area contributed by atoms with Crippen LogP contribution in [-0.4, -0.2) is 29.8 Å². The minimum atomic E-state index is -0.352. The molecule has 0 aliphatic carbocycles. The van der Waals surface area contributed by atoms with Gasteiger partial charge in [-0.05, 0) is 6.92 Å². The van der Waals surface area contributed by atoms with Crippen LogP contribution in [0.15, 0.2) is 0 Å². The van der Waals surface area contributed by atoms with E-state index in [4.69, 9.17) is 9.84 Å². The lowest BCUT2D eigenvalue weighted by Crippen LogP contribution is -2.16. The Labute approximate surface area is 58.0 Å². The third-order valence-corrected chi connectivity index (χ3v) is 1.44. The van der Waals surface area contributed by atoms with Crippen molar-refractivity contribution in [3.63, 3.8) is 0 Å². The van der Waals surface area contributed by atoms with E-state index in [1.165, 1.54) is 0 Å². The van der Waals surface area contributed by atoms with Crippen molar-refractivity contribution >= 4 is 15.9 Å². The van der Waals surface area contributed by atoms with Crippen molar-refractivity contribution in [1.82, 2.24) is 0 Å². The molecule has 0 radical (unpaired) electrons. The molecular formula is C5H11BrO2. The van der Waals surface area contributed by atoms with Crippen molar-refractivity contribution in [1.29, 1.82) is 0 Å². The average Bonchev–Trinajstić information content (AvgIpc) is 1.83. The molecule has 0 saturated heterocycles. The molecule has 0 aliphatic heterocycles. The quantitative estimate of drug-likeness (QED) is 0.652. The maximum Gasteiger partial charge on any atom is 0.0870 e. The van der Waals surface area contributed by atoms with E-state index in [9.17, 15) is 0 Å². The number of hydrogen-bond acceptors (Lipinski definition) is 2. The highest BCUT2D eigenvalue weighted by molar-refractivity contribution is 9.09. The van der Waals surface area contributed by atoms with Crippen molar-refractivity contribution in [2.24, 2.45) is 0 Å². The van der Waals surface area contributed by atoms with E-state index < -0.39 is 0 Å². The second-order valence-corrected chi connectivity index (χ2v) is 2.12. The van der Waals surface area contributed by atoms with Crippen molar-refractivity contribution in [3.05, 3.63) is 0 Å². The molecular weight excluding hydrogens is 172 g/mol. The van der Waals surface area contributed by atoms with Crippen LogP contribution in [0.3, 0.4) is 0 Å². The van der Waals surface area contributed by atoms with Gasteiger partial charge in [0.15, 0.2) is 0 Å². The number of aliphatic hydroxyl groups is 1. The first-order chi connectivity index (χ1) is 3.81. The van der Waals surface area contributed by atoms with Crippen LogP contribution in [0.25, 0.3) is 0 Å². The topological polar surface area (TPSA) is 29.5 Å². The fourth-order valence-corrected chi connectivity index (χ4v) is 0.485. The Balaban J connectivity index is 2.86. The Hall–Kier alpha value is 0.400. The zero-order valence-corrected chi connectivity index (χ0v) is 6.52. The van der Waals surface area contributed by atoms with Crippen molar-refractivity contribution in [2.75, 3.05) is 18.5 Å². The maximum absolute atomic E-state index is 8.82. The average molecular weight is 183 g/mol. The highest BCUT2D eigenvalue weighted by atomic mass is 79.9. The molecule has 0 rings (SSSR count). The van der Waals surface area contributed by atoms with Gasteiger partial charge in [-0.25, -0.2) is 0 Å². The molecule has 1 N–H and O–H groups in total. The van der Waals surface area contributed by atoms with E-state index in [1.54, 1.807) is 0 Å². The van der Waals surface area contributed by atoms with E-state index >= 15 is 0 Å². The van der Waals surface area contributed by atoms with Crippen LogP contribution in [0.5, 0.6) is 0 Å². The summed E-state index contributed by atoms with van der Waals surface area (Å²) < 4.78 is 4.91. The largest absolute Gasteiger partial charge is 0.390 e. The summed E-state index contributed by atoms with van der Waals surface area (Å²) in [4.78, 5) is 0. The van der Waals surface area contributed by atoms with E-state index in [-0.39, 0.29) is 6.10 Å². The third kappa shape index (κ3) is 4.56. The minimum absolute atomic E-state index is 0.352. The molecule has 0 amide bonds. The summed E-state index contributed by atoms with van der Waals surface area (Å²) in [5, 5.41) is 9.41. The summed E-state index contributed by atoms with van der Waals surface area (Å²) in [5.74, 6) is 0. The number of aliphatic hydroxyl groups excluding tert-OH is 1. The molecule has 0 aliphatic rings. The Kier molecular flexibility index (Phi) is 5.81. The zero-order valence-electron chi connectivity index (χ0n) is 4.93. The number of rotatable bonds is 4. The summed E-state index contributed by atoms with van der Waals surface area (Å²) in [6, 6.07) is 0. The third-order valence-electron chi connectivity index (χ3n) is 0.692. The van der Waals surface area contributed by atoms with Gasteiger partial charge in [0.2, 0.25) is 0 Å². The lowest BCUT2D eigenvalue weighted by molar-refractivity contribution is 0.0557. The lowest BCUT2D eigenvalue weighted by Gasteiger charge is -2.04. The Morgan fingerprint density at radius 3 is 2.75 bits per heavy atom. The molecule has 50 valence electrons. The normalized spacial score (nSPS) is 13.9. The summed E-state index contributed by atoms with van der Waals surface area (Å²) in [7, 11) is 0. The molecule has 0 saturated carbocycles. The summed E-state index contributed by atoms with van der Waals surface area (Å²) in [5.41, 5.74) is 0. The van der Waals surface area contributed by atoms with Gasteiger partial charge in [0.1, 0.15) is 0 Å². The van der Waals surface area contributed by atoms with Gasteiger partial charge < -0.3 is 9.84 Å². The second-order valence-electron chi connectivity index (χ2n) is 1.47. The molecule has 1 atom stereocenters. The van der Waals surface area contributed by atoms with Crippen molar-refractivity contribution in [3.8, 4) is 0 Å². The van der Waals surface area contributed by atoms with E-state index in [0.717, 1.165) is 0 Å². The molecule has 0 aromatic carbocycles. The predicted molar refractivity (Wildman–Crippen MR) is 36.3 cm³/mol. The van der Waals surface area contributed by atoms with Crippen LogP contribution in [0.4, 0.5) is 0 Å². The fourth-order valence-electron chi connectivity index (χ4n) is 0.298. The van der Waals surface area contributed by atoms with Crippen molar-refractivity contribution < 1.29 is 9.84 Å². The van der Waals surface area contributed by atoms with Crippen LogP contribution in [0.1, 0.15) is 6.92 Å². The monoisotopic (exact) mass is 182 g/mol. The maximum atomic E-state index is 8.82. The van der Waals surface area contributed by atoms with E-state index in [0.29, 0.717) is 18.5 Å². The van der Waals surface area contributed by atoms with Crippen LogP contribution >= 0.6 is 15.9 Å². The SMILES string of the molecule is CCOC[C@@H](O)CBr. The highest BCUT2D eigenvalue weighted by Gasteiger charge is 1.97. The Morgan fingerprint density at radius 2 is 2.38 bits per heavy atom. The number of halogens is 1. The second kappa shape index (κ2) is 5.54. The molecule has 8 heavy (non-hydrogen) atoms. The molecule has 0 spiro atoms.